The third kappa shape index (κ3) is 6.18. The van der Waals surface area contributed by atoms with Crippen molar-refractivity contribution in [2.75, 3.05) is 4.90 Å². The predicted octanol–water partition coefficient (Wildman–Crippen LogP) is 13.7. The van der Waals surface area contributed by atoms with Crippen LogP contribution in [-0.4, -0.2) is 17.2 Å². The quantitative estimate of drug-likeness (QED) is 0.0702. The van der Waals surface area contributed by atoms with Crippen LogP contribution in [-0.2, 0) is 0 Å². The van der Waals surface area contributed by atoms with Gasteiger partial charge in [0.15, 0.2) is 0 Å². The van der Waals surface area contributed by atoms with Gasteiger partial charge in [0.25, 0.3) is 0 Å². The largest absolute Gasteiger partial charge is 0.397 e. The van der Waals surface area contributed by atoms with Gasteiger partial charge in [-0.2, -0.15) is 0 Å². The third-order valence-electron chi connectivity index (χ3n) is 12.0. The van der Waals surface area contributed by atoms with Crippen LogP contribution in [0.1, 0.15) is 24.1 Å². The van der Waals surface area contributed by atoms with E-state index in [0.717, 1.165) is 28.1 Å². The van der Waals surface area contributed by atoms with Gasteiger partial charge in [0, 0.05) is 35.3 Å². The summed E-state index contributed by atoms with van der Waals surface area (Å²) in [6.45, 7) is 6.17. The number of allylic oxidation sites excluding steroid dienone is 3. The molecule has 0 radical (unpaired) electrons. The Morgan fingerprint density at radius 1 is 0.593 bits per heavy atom. The van der Waals surface area contributed by atoms with Crippen LogP contribution >= 0.6 is 0 Å². The minimum absolute atomic E-state index is 0.0430. The summed E-state index contributed by atoms with van der Waals surface area (Å²) in [4.78, 5) is 7.11. The maximum atomic E-state index is 8.12. The number of hydrogen-bond acceptors (Lipinski definition) is 4. The molecule has 4 nitrogen and oxygen atoms in total. The molecular formula is C55H42N4. The average molecular weight is 759 g/mol. The molecule has 2 heterocycles. The molecule has 8 aromatic carbocycles. The highest BCUT2D eigenvalue weighted by Gasteiger charge is 2.36. The summed E-state index contributed by atoms with van der Waals surface area (Å²) >= 11 is 0. The lowest BCUT2D eigenvalue weighted by Crippen LogP contribution is -2.31. The Labute approximate surface area is 344 Å². The summed E-state index contributed by atoms with van der Waals surface area (Å²) in [5.41, 5.74) is 18.1. The van der Waals surface area contributed by atoms with E-state index in [-0.39, 0.29) is 12.0 Å². The topological polar surface area (TPSA) is 66.0 Å². The van der Waals surface area contributed by atoms with Gasteiger partial charge in [-0.3, -0.25) is 4.98 Å². The first kappa shape index (κ1) is 35.8. The number of benzene rings is 8. The zero-order valence-electron chi connectivity index (χ0n) is 32.8. The van der Waals surface area contributed by atoms with Crippen molar-refractivity contribution in [1.29, 1.82) is 5.41 Å². The summed E-state index contributed by atoms with van der Waals surface area (Å²) in [6, 6.07) is 58.8. The highest BCUT2D eigenvalue weighted by molar-refractivity contribution is 6.22. The lowest BCUT2D eigenvalue weighted by Gasteiger charge is -2.27. The molecule has 1 aliphatic heterocycles. The SMILES string of the molecule is C=CC1C(C=N)c2ccccc2N1/C(C)=C/C=C(\N)c1ccc(-c2ccc3c(-c4ccc5ccccc5c4)c4ccccc4c(-c4ccc5ccccc5c4)c3c2)cn1. The lowest BCUT2D eigenvalue weighted by atomic mass is 9.84. The highest BCUT2D eigenvalue weighted by Crippen LogP contribution is 2.46. The monoisotopic (exact) mass is 758 g/mol. The summed E-state index contributed by atoms with van der Waals surface area (Å²) < 4.78 is 0. The van der Waals surface area contributed by atoms with Gasteiger partial charge in [0.1, 0.15) is 0 Å². The van der Waals surface area contributed by atoms with Crippen molar-refractivity contribution in [1.82, 2.24) is 4.98 Å². The molecule has 9 aromatic rings. The molecule has 0 amide bonds. The maximum absolute atomic E-state index is 8.12. The molecule has 59 heavy (non-hydrogen) atoms. The number of nitrogens with two attached hydrogens (primary N) is 1. The lowest BCUT2D eigenvalue weighted by molar-refractivity contribution is 0.763. The van der Waals surface area contributed by atoms with Gasteiger partial charge >= 0.3 is 0 Å². The van der Waals surface area contributed by atoms with E-state index in [0.29, 0.717) is 11.4 Å². The summed E-state index contributed by atoms with van der Waals surface area (Å²) in [6.07, 6.45) is 9.31. The van der Waals surface area contributed by atoms with E-state index in [2.05, 4.69) is 164 Å². The molecule has 2 atom stereocenters. The molecule has 0 saturated heterocycles. The number of anilines is 1. The Bertz CT molecular complexity index is 3190. The van der Waals surface area contributed by atoms with Crippen LogP contribution in [0.3, 0.4) is 0 Å². The molecule has 282 valence electrons. The average Bonchev–Trinajstić information content (AvgIpc) is 3.63. The number of rotatable bonds is 8. The molecule has 10 rings (SSSR count). The second-order valence-corrected chi connectivity index (χ2v) is 15.4. The number of nitrogens with zero attached hydrogens (tertiary/aromatic N) is 2. The molecule has 1 aliphatic rings. The van der Waals surface area contributed by atoms with Crippen molar-refractivity contribution in [2.45, 2.75) is 18.9 Å². The molecule has 4 heteroatoms. The number of para-hydroxylation sites is 1. The molecule has 0 aliphatic carbocycles. The van der Waals surface area contributed by atoms with Crippen LogP contribution in [0.2, 0.25) is 0 Å². The van der Waals surface area contributed by atoms with Crippen LogP contribution < -0.4 is 10.6 Å². The molecule has 3 N–H and O–H groups in total. The molecule has 0 fully saturated rings. The van der Waals surface area contributed by atoms with Crippen molar-refractivity contribution in [3.63, 3.8) is 0 Å². The van der Waals surface area contributed by atoms with Gasteiger partial charge in [-0.25, -0.2) is 0 Å². The highest BCUT2D eigenvalue weighted by atomic mass is 15.2. The number of nitrogens with one attached hydrogen (secondary N) is 1. The van der Waals surface area contributed by atoms with Crippen LogP contribution in [0.15, 0.2) is 200 Å². The molecule has 0 bridgehead atoms. The molecular weight excluding hydrogens is 717 g/mol. The normalized spacial score (nSPS) is 15.6. The van der Waals surface area contributed by atoms with Gasteiger partial charge in [-0.1, -0.05) is 140 Å². The van der Waals surface area contributed by atoms with E-state index in [1.54, 1.807) is 0 Å². The smallest absolute Gasteiger partial charge is 0.0859 e. The van der Waals surface area contributed by atoms with Gasteiger partial charge in [-0.05, 0) is 126 Å². The van der Waals surface area contributed by atoms with Crippen molar-refractivity contribution in [3.8, 4) is 33.4 Å². The molecule has 2 unspecified atom stereocenters. The Hall–Kier alpha value is -7.56. The van der Waals surface area contributed by atoms with Crippen molar-refractivity contribution in [2.24, 2.45) is 5.73 Å². The van der Waals surface area contributed by atoms with Crippen LogP contribution in [0.5, 0.6) is 0 Å². The van der Waals surface area contributed by atoms with Crippen LogP contribution in [0, 0.1) is 5.41 Å². The zero-order chi connectivity index (χ0) is 40.0. The van der Waals surface area contributed by atoms with Crippen LogP contribution in [0.4, 0.5) is 5.69 Å². The Morgan fingerprint density at radius 2 is 1.15 bits per heavy atom. The van der Waals surface area contributed by atoms with E-state index in [1.165, 1.54) is 71.6 Å². The van der Waals surface area contributed by atoms with E-state index in [9.17, 15) is 0 Å². The third-order valence-corrected chi connectivity index (χ3v) is 12.0. The predicted molar refractivity (Wildman–Crippen MR) is 251 cm³/mol. The number of fused-ring (bicyclic) bond motifs is 5. The minimum Gasteiger partial charge on any atom is -0.397 e. The van der Waals surface area contributed by atoms with Crippen molar-refractivity contribution >= 4 is 60.7 Å². The van der Waals surface area contributed by atoms with Gasteiger partial charge < -0.3 is 16.0 Å². The number of pyridine rings is 1. The van der Waals surface area contributed by atoms with Gasteiger partial charge in [0.2, 0.25) is 0 Å². The first-order valence-corrected chi connectivity index (χ1v) is 20.1. The summed E-state index contributed by atoms with van der Waals surface area (Å²) in [5, 5.41) is 17.9. The fraction of sp³-hybridized carbons (Fsp3) is 0.0545. The number of aromatic nitrogens is 1. The number of hydrogen-bond donors (Lipinski definition) is 2. The summed E-state index contributed by atoms with van der Waals surface area (Å²) in [5.74, 6) is -0.0506. The van der Waals surface area contributed by atoms with Crippen LogP contribution in [0.25, 0.3) is 82.2 Å². The second kappa shape index (κ2) is 14.7. The molecule has 0 spiro atoms. The van der Waals surface area contributed by atoms with E-state index < -0.39 is 0 Å². The Morgan fingerprint density at radius 3 is 1.78 bits per heavy atom. The van der Waals surface area contributed by atoms with E-state index >= 15 is 0 Å². The maximum Gasteiger partial charge on any atom is 0.0859 e. The second-order valence-electron chi connectivity index (χ2n) is 15.4. The summed E-state index contributed by atoms with van der Waals surface area (Å²) in [7, 11) is 0. The van der Waals surface area contributed by atoms with E-state index in [4.69, 9.17) is 16.1 Å². The fourth-order valence-electron chi connectivity index (χ4n) is 9.14. The molecule has 0 saturated carbocycles. The first-order valence-electron chi connectivity index (χ1n) is 20.1. The molecule has 1 aromatic heterocycles. The Kier molecular flexibility index (Phi) is 8.95. The Balaban J connectivity index is 1.07. The zero-order valence-corrected chi connectivity index (χ0v) is 32.8. The first-order chi connectivity index (χ1) is 29.0. The fourth-order valence-corrected chi connectivity index (χ4v) is 9.14. The minimum atomic E-state index is -0.0506. The van der Waals surface area contributed by atoms with Crippen molar-refractivity contribution in [3.05, 3.63) is 212 Å². The van der Waals surface area contributed by atoms with Gasteiger partial charge in [0.05, 0.1) is 17.4 Å². The standard InChI is InChI=1S/C55H42N4/c1-3-52-49(33-56)44-16-10-11-19-53(44)59(52)35(2)20-28-50(57)51-29-26-43(34-58-51)40-25-27-47-48(32-40)55(42-24-22-37-13-5-7-15-39(37)31-42)46-18-9-8-17-45(46)54(47)41-23-21-36-12-4-6-14-38(36)30-41/h3-34,49,52,56H,1,57H2,2H3/b35-20+,50-28-,56-33?. The van der Waals surface area contributed by atoms with E-state index in [1.807, 2.05) is 42.6 Å². The van der Waals surface area contributed by atoms with Gasteiger partial charge in [-0.15, -0.1) is 6.58 Å². The van der Waals surface area contributed by atoms with Crippen molar-refractivity contribution < 1.29 is 0 Å².